The van der Waals surface area contributed by atoms with E-state index >= 15 is 0 Å². The number of hydrogen-bond donors (Lipinski definition) is 2. The minimum atomic E-state index is 0. The number of methoxy groups -OCH3 is 3. The lowest BCUT2D eigenvalue weighted by Gasteiger charge is -2.38. The number of ether oxygens (including phenoxy) is 3. The molecule has 0 atom stereocenters. The second kappa shape index (κ2) is 13.1. The Morgan fingerprint density at radius 1 is 1.04 bits per heavy atom. The van der Waals surface area contributed by atoms with Crippen molar-refractivity contribution in [3.63, 3.8) is 0 Å². The fraction of sp³-hybridized carbons (Fsp3) is 0.667. The van der Waals surface area contributed by atoms with Crippen LogP contribution in [0.2, 0.25) is 0 Å². The average molecular weight is 505 g/mol. The molecule has 0 amide bonds. The molecular formula is C21H36IN3O3. The molecule has 1 aromatic carbocycles. The number of aliphatic imine (C=N–C) groups is 1. The number of nitrogens with one attached hydrogen (secondary N) is 2. The minimum Gasteiger partial charge on any atom is -0.493 e. The Labute approximate surface area is 186 Å². The third kappa shape index (κ3) is 6.69. The van der Waals surface area contributed by atoms with Crippen LogP contribution in [0.25, 0.3) is 0 Å². The smallest absolute Gasteiger partial charge is 0.191 e. The highest BCUT2D eigenvalue weighted by Crippen LogP contribution is 2.42. The molecule has 28 heavy (non-hydrogen) atoms. The van der Waals surface area contributed by atoms with Gasteiger partial charge in [-0.1, -0.05) is 25.3 Å². The van der Waals surface area contributed by atoms with Gasteiger partial charge in [0.1, 0.15) is 0 Å². The lowest BCUT2D eigenvalue weighted by atomic mass is 9.69. The van der Waals surface area contributed by atoms with E-state index in [1.807, 2.05) is 13.1 Å². The van der Waals surface area contributed by atoms with Crippen LogP contribution in [0.15, 0.2) is 23.2 Å². The van der Waals surface area contributed by atoms with Gasteiger partial charge in [-0.2, -0.15) is 0 Å². The van der Waals surface area contributed by atoms with Crippen LogP contribution < -0.4 is 20.1 Å². The normalized spacial score (nSPS) is 16.1. The summed E-state index contributed by atoms with van der Waals surface area (Å²) in [7, 11) is 6.91. The summed E-state index contributed by atoms with van der Waals surface area (Å²) in [5.74, 6) is 2.41. The van der Waals surface area contributed by atoms with Crippen molar-refractivity contribution in [3.8, 4) is 11.5 Å². The Morgan fingerprint density at radius 3 is 2.36 bits per heavy atom. The molecule has 1 aromatic rings. The van der Waals surface area contributed by atoms with Crippen LogP contribution in [-0.4, -0.2) is 54.0 Å². The maximum absolute atomic E-state index is 5.54. The molecule has 0 aromatic heterocycles. The van der Waals surface area contributed by atoms with Gasteiger partial charge in [-0.25, -0.2) is 0 Å². The summed E-state index contributed by atoms with van der Waals surface area (Å²) in [5.41, 5.74) is 1.39. The monoisotopic (exact) mass is 505 g/mol. The topological polar surface area (TPSA) is 64.1 Å². The van der Waals surface area contributed by atoms with Crippen molar-refractivity contribution >= 4 is 29.9 Å². The van der Waals surface area contributed by atoms with Gasteiger partial charge in [0.2, 0.25) is 0 Å². The molecule has 0 spiro atoms. The first-order valence-corrected chi connectivity index (χ1v) is 9.85. The van der Waals surface area contributed by atoms with E-state index in [4.69, 9.17) is 14.2 Å². The number of rotatable bonds is 9. The van der Waals surface area contributed by atoms with E-state index in [2.05, 4.69) is 27.8 Å². The standard InChI is InChI=1S/C21H35N3O3.HI/c1-22-20(23-13-8-14-25-2)24-16-21(11-6-5-7-12-21)17-9-10-18(26-3)19(15-17)27-4;/h9-10,15H,5-8,11-14,16H2,1-4H3,(H2,22,23,24);1H. The molecule has 1 aliphatic carbocycles. The SMILES string of the molecule is CN=C(NCCCOC)NCC1(c2ccc(OC)c(OC)c2)CCCCC1.I. The molecular weight excluding hydrogens is 469 g/mol. The van der Waals surface area contributed by atoms with Gasteiger partial charge in [0.05, 0.1) is 14.2 Å². The van der Waals surface area contributed by atoms with Crippen molar-refractivity contribution in [1.29, 1.82) is 0 Å². The van der Waals surface area contributed by atoms with Gasteiger partial charge >= 0.3 is 0 Å². The van der Waals surface area contributed by atoms with Crippen LogP contribution in [0.5, 0.6) is 11.5 Å². The molecule has 0 bridgehead atoms. The van der Waals surface area contributed by atoms with E-state index in [1.165, 1.54) is 24.8 Å². The Balaban J connectivity index is 0.00000392. The second-order valence-corrected chi connectivity index (χ2v) is 7.11. The fourth-order valence-corrected chi connectivity index (χ4v) is 3.86. The van der Waals surface area contributed by atoms with Crippen LogP contribution >= 0.6 is 24.0 Å². The van der Waals surface area contributed by atoms with Crippen molar-refractivity contribution < 1.29 is 14.2 Å². The molecule has 7 heteroatoms. The summed E-state index contributed by atoms with van der Waals surface area (Å²) in [6.07, 6.45) is 7.08. The van der Waals surface area contributed by atoms with Gasteiger partial charge in [-0.3, -0.25) is 4.99 Å². The minimum absolute atomic E-state index is 0. The van der Waals surface area contributed by atoms with Crippen molar-refractivity contribution in [2.24, 2.45) is 4.99 Å². The van der Waals surface area contributed by atoms with E-state index in [-0.39, 0.29) is 29.4 Å². The summed E-state index contributed by atoms with van der Waals surface area (Å²) in [5, 5.41) is 6.91. The zero-order chi connectivity index (χ0) is 19.5. The van der Waals surface area contributed by atoms with Gasteiger partial charge in [0.15, 0.2) is 17.5 Å². The third-order valence-corrected chi connectivity index (χ3v) is 5.44. The predicted octanol–water partition coefficient (Wildman–Crippen LogP) is 3.73. The van der Waals surface area contributed by atoms with E-state index in [0.717, 1.165) is 56.4 Å². The molecule has 2 rings (SSSR count). The molecule has 0 heterocycles. The maximum Gasteiger partial charge on any atom is 0.191 e. The molecule has 0 saturated heterocycles. The van der Waals surface area contributed by atoms with Crippen molar-refractivity contribution in [3.05, 3.63) is 23.8 Å². The number of benzene rings is 1. The fourth-order valence-electron chi connectivity index (χ4n) is 3.86. The highest BCUT2D eigenvalue weighted by Gasteiger charge is 2.34. The van der Waals surface area contributed by atoms with E-state index < -0.39 is 0 Å². The largest absolute Gasteiger partial charge is 0.493 e. The first kappa shape index (κ1) is 24.8. The van der Waals surface area contributed by atoms with Crippen LogP contribution in [0, 0.1) is 0 Å². The molecule has 1 aliphatic rings. The molecule has 0 unspecified atom stereocenters. The van der Waals surface area contributed by atoms with E-state index in [9.17, 15) is 0 Å². The molecule has 6 nitrogen and oxygen atoms in total. The summed E-state index contributed by atoms with van der Waals surface area (Å²) < 4.78 is 16.1. The summed E-state index contributed by atoms with van der Waals surface area (Å²) in [6.45, 7) is 2.45. The van der Waals surface area contributed by atoms with E-state index in [1.54, 1.807) is 21.3 Å². The first-order valence-electron chi connectivity index (χ1n) is 9.85. The highest BCUT2D eigenvalue weighted by atomic mass is 127. The van der Waals surface area contributed by atoms with Crippen LogP contribution in [0.4, 0.5) is 0 Å². The number of nitrogens with zero attached hydrogens (tertiary/aromatic N) is 1. The molecule has 2 N–H and O–H groups in total. The zero-order valence-corrected chi connectivity index (χ0v) is 20.0. The van der Waals surface area contributed by atoms with Gasteiger partial charge < -0.3 is 24.8 Å². The summed E-state index contributed by atoms with van der Waals surface area (Å²) in [6, 6.07) is 6.34. The van der Waals surface area contributed by atoms with Crippen LogP contribution in [0.1, 0.15) is 44.1 Å². The third-order valence-electron chi connectivity index (χ3n) is 5.44. The average Bonchev–Trinajstić information content (AvgIpc) is 2.73. The van der Waals surface area contributed by atoms with Crippen LogP contribution in [-0.2, 0) is 10.2 Å². The Morgan fingerprint density at radius 2 is 1.75 bits per heavy atom. The van der Waals surface area contributed by atoms with Gasteiger partial charge in [0.25, 0.3) is 0 Å². The van der Waals surface area contributed by atoms with E-state index in [0.29, 0.717) is 0 Å². The molecule has 160 valence electrons. The van der Waals surface area contributed by atoms with Crippen molar-refractivity contribution in [1.82, 2.24) is 10.6 Å². The summed E-state index contributed by atoms with van der Waals surface area (Å²) >= 11 is 0. The molecule has 0 radical (unpaired) electrons. The number of hydrogen-bond acceptors (Lipinski definition) is 4. The van der Waals surface area contributed by atoms with Crippen LogP contribution in [0.3, 0.4) is 0 Å². The van der Waals surface area contributed by atoms with Gasteiger partial charge in [0, 0.05) is 39.3 Å². The second-order valence-electron chi connectivity index (χ2n) is 7.11. The quantitative estimate of drug-likeness (QED) is 0.232. The Bertz CT molecular complexity index is 605. The Hall–Kier alpha value is -1.22. The maximum atomic E-state index is 5.54. The van der Waals surface area contributed by atoms with Gasteiger partial charge in [-0.05, 0) is 37.0 Å². The van der Waals surface area contributed by atoms with Crippen molar-refractivity contribution in [2.75, 3.05) is 48.1 Å². The predicted molar refractivity (Wildman–Crippen MR) is 126 cm³/mol. The lowest BCUT2D eigenvalue weighted by molar-refractivity contribution is 0.195. The summed E-state index contributed by atoms with van der Waals surface area (Å²) in [4.78, 5) is 4.36. The first-order chi connectivity index (χ1) is 13.2. The molecule has 1 fully saturated rings. The Kier molecular flexibility index (Phi) is 11.6. The number of halogens is 1. The van der Waals surface area contributed by atoms with Crippen molar-refractivity contribution in [2.45, 2.75) is 43.9 Å². The molecule has 0 aliphatic heterocycles. The zero-order valence-electron chi connectivity index (χ0n) is 17.7. The highest BCUT2D eigenvalue weighted by molar-refractivity contribution is 14.0. The lowest BCUT2D eigenvalue weighted by Crippen LogP contribution is -2.46. The number of guanidine groups is 1. The molecule has 1 saturated carbocycles. The van der Waals surface area contributed by atoms with Gasteiger partial charge in [-0.15, -0.1) is 24.0 Å².